The normalized spacial score (nSPS) is 26.8. The molecule has 1 amide bonds. The number of hydrogen-bond donors (Lipinski definition) is 2. The second-order valence-electron chi connectivity index (χ2n) is 3.50. The zero-order chi connectivity index (χ0) is 10.4. The van der Waals surface area contributed by atoms with Gasteiger partial charge in [0.15, 0.2) is 0 Å². The summed E-state index contributed by atoms with van der Waals surface area (Å²) in [6, 6.07) is 2.27. The van der Waals surface area contributed by atoms with E-state index in [9.17, 15) is 4.79 Å². The van der Waals surface area contributed by atoms with Crippen LogP contribution in [0.5, 0.6) is 0 Å². The summed E-state index contributed by atoms with van der Waals surface area (Å²) in [5, 5.41) is 8.83. The van der Waals surface area contributed by atoms with Gasteiger partial charge in [0.25, 0.3) is 0 Å². The van der Waals surface area contributed by atoms with Gasteiger partial charge in [-0.2, -0.15) is 10.7 Å². The Balaban J connectivity index is 2.27. The first-order valence-corrected chi connectivity index (χ1v) is 4.79. The first-order chi connectivity index (χ1) is 6.74. The molecule has 1 aliphatic rings. The van der Waals surface area contributed by atoms with Crippen LogP contribution < -0.4 is 11.2 Å². The maximum absolute atomic E-state index is 10.4. The number of carbonyl (C=O) groups excluding carboxylic acids is 1. The topological polar surface area (TPSA) is 88.1 Å². The van der Waals surface area contributed by atoms with Gasteiger partial charge in [0.05, 0.1) is 12.0 Å². The molecule has 14 heavy (non-hydrogen) atoms. The van der Waals surface area contributed by atoms with Crippen LogP contribution in [0.4, 0.5) is 0 Å². The molecule has 0 aromatic carbocycles. The Morgan fingerprint density at radius 1 is 1.57 bits per heavy atom. The number of hydrogen-bond acceptors (Lipinski definition) is 4. The number of nitriles is 1. The van der Waals surface area contributed by atoms with Gasteiger partial charge >= 0.3 is 0 Å². The zero-order valence-electron chi connectivity index (χ0n) is 8.03. The van der Waals surface area contributed by atoms with E-state index in [1.807, 2.05) is 0 Å². The molecule has 1 aliphatic carbocycles. The molecular formula is C9H15N3O2. The van der Waals surface area contributed by atoms with E-state index < -0.39 is 5.91 Å². The molecule has 0 aliphatic heterocycles. The van der Waals surface area contributed by atoms with Gasteiger partial charge in [0.2, 0.25) is 5.91 Å². The Morgan fingerprint density at radius 3 is 2.93 bits per heavy atom. The molecule has 1 fully saturated rings. The van der Waals surface area contributed by atoms with Crippen LogP contribution in [-0.2, 0) is 9.63 Å². The summed E-state index contributed by atoms with van der Waals surface area (Å²) in [7, 11) is 0. The van der Waals surface area contributed by atoms with E-state index in [-0.39, 0.29) is 18.6 Å². The van der Waals surface area contributed by atoms with Crippen LogP contribution in [0.25, 0.3) is 0 Å². The molecule has 0 heterocycles. The Morgan fingerprint density at radius 2 is 2.29 bits per heavy atom. The fourth-order valence-corrected chi connectivity index (χ4v) is 1.65. The van der Waals surface area contributed by atoms with Crippen LogP contribution >= 0.6 is 0 Å². The van der Waals surface area contributed by atoms with Gasteiger partial charge in [0.1, 0.15) is 6.61 Å². The summed E-state index contributed by atoms with van der Waals surface area (Å²) in [4.78, 5) is 15.3. The maximum Gasteiger partial charge on any atom is 0.245 e. The second-order valence-corrected chi connectivity index (χ2v) is 3.50. The highest BCUT2D eigenvalue weighted by Crippen LogP contribution is 2.23. The lowest BCUT2D eigenvalue weighted by Gasteiger charge is -2.26. The van der Waals surface area contributed by atoms with Crippen LogP contribution in [0.15, 0.2) is 0 Å². The van der Waals surface area contributed by atoms with Crippen molar-refractivity contribution in [3.05, 3.63) is 0 Å². The van der Waals surface area contributed by atoms with E-state index in [1.165, 1.54) is 0 Å². The van der Waals surface area contributed by atoms with Gasteiger partial charge in [0, 0.05) is 6.04 Å². The molecule has 5 heteroatoms. The minimum atomic E-state index is -0.512. The van der Waals surface area contributed by atoms with E-state index >= 15 is 0 Å². The number of nitrogens with zero attached hydrogens (tertiary/aromatic N) is 1. The van der Waals surface area contributed by atoms with Gasteiger partial charge < -0.3 is 5.73 Å². The van der Waals surface area contributed by atoms with E-state index in [1.54, 1.807) is 0 Å². The average Bonchev–Trinajstić information content (AvgIpc) is 2.18. The van der Waals surface area contributed by atoms with Crippen LogP contribution in [0.2, 0.25) is 0 Å². The van der Waals surface area contributed by atoms with E-state index in [4.69, 9.17) is 15.8 Å². The summed E-state index contributed by atoms with van der Waals surface area (Å²) in [6.45, 7) is -0.144. The predicted molar refractivity (Wildman–Crippen MR) is 49.6 cm³/mol. The smallest absolute Gasteiger partial charge is 0.245 e. The molecule has 0 spiro atoms. The van der Waals surface area contributed by atoms with Gasteiger partial charge in [-0.3, -0.25) is 9.63 Å². The van der Waals surface area contributed by atoms with Crippen molar-refractivity contribution in [1.29, 1.82) is 5.26 Å². The van der Waals surface area contributed by atoms with Crippen molar-refractivity contribution in [2.24, 2.45) is 11.7 Å². The summed E-state index contributed by atoms with van der Waals surface area (Å²) in [5.41, 5.74) is 7.64. The van der Waals surface area contributed by atoms with Crippen molar-refractivity contribution in [1.82, 2.24) is 5.48 Å². The lowest BCUT2D eigenvalue weighted by molar-refractivity contribution is -0.126. The fraction of sp³-hybridized carbons (Fsp3) is 0.778. The number of hydroxylamine groups is 1. The third-order valence-electron chi connectivity index (χ3n) is 2.38. The minimum Gasteiger partial charge on any atom is -0.368 e. The first-order valence-electron chi connectivity index (χ1n) is 4.79. The lowest BCUT2D eigenvalue weighted by atomic mass is 9.86. The monoisotopic (exact) mass is 197 g/mol. The quantitative estimate of drug-likeness (QED) is 0.624. The lowest BCUT2D eigenvalue weighted by Crippen LogP contribution is -2.39. The third kappa shape index (κ3) is 3.32. The number of nitrogens with two attached hydrogens (primary N) is 1. The molecule has 3 N–H and O–H groups in total. The minimum absolute atomic E-state index is 0.0170. The Labute approximate surface area is 83.2 Å². The molecule has 2 unspecified atom stereocenters. The molecule has 0 saturated heterocycles. The molecule has 0 aromatic rings. The molecule has 1 saturated carbocycles. The Kier molecular flexibility index (Phi) is 4.36. The summed E-state index contributed by atoms with van der Waals surface area (Å²) in [6.07, 6.45) is 3.99. The Bertz CT molecular complexity index is 237. The van der Waals surface area contributed by atoms with E-state index in [0.29, 0.717) is 0 Å². The van der Waals surface area contributed by atoms with Crippen LogP contribution in [-0.4, -0.2) is 18.6 Å². The Hall–Kier alpha value is -1.12. The number of nitrogens with one attached hydrogen (secondary N) is 1. The van der Waals surface area contributed by atoms with Crippen molar-refractivity contribution in [3.63, 3.8) is 0 Å². The standard InChI is InChI=1S/C9H15N3O2/c10-5-7-3-1-2-4-8(7)12-14-6-9(11)13/h7-8,12H,1-4,6H2,(H2,11,13). The van der Waals surface area contributed by atoms with Crippen molar-refractivity contribution in [2.75, 3.05) is 6.61 Å². The molecule has 78 valence electrons. The molecule has 0 radical (unpaired) electrons. The highest BCUT2D eigenvalue weighted by Gasteiger charge is 2.24. The molecule has 2 atom stereocenters. The van der Waals surface area contributed by atoms with Gasteiger partial charge in [-0.25, -0.2) is 0 Å². The van der Waals surface area contributed by atoms with Gasteiger partial charge in [-0.1, -0.05) is 12.8 Å². The highest BCUT2D eigenvalue weighted by molar-refractivity contribution is 5.74. The van der Waals surface area contributed by atoms with Crippen molar-refractivity contribution >= 4 is 5.91 Å². The predicted octanol–water partition coefficient (Wildman–Crippen LogP) is 0.0753. The molecule has 1 rings (SSSR count). The van der Waals surface area contributed by atoms with Crippen molar-refractivity contribution in [2.45, 2.75) is 31.7 Å². The molecule has 5 nitrogen and oxygen atoms in total. The second kappa shape index (κ2) is 5.58. The molecule has 0 bridgehead atoms. The van der Waals surface area contributed by atoms with E-state index in [0.717, 1.165) is 25.7 Å². The zero-order valence-corrected chi connectivity index (χ0v) is 8.03. The van der Waals surface area contributed by atoms with Crippen LogP contribution in [0.3, 0.4) is 0 Å². The fourth-order valence-electron chi connectivity index (χ4n) is 1.65. The van der Waals surface area contributed by atoms with Gasteiger partial charge in [-0.15, -0.1) is 0 Å². The summed E-state index contributed by atoms with van der Waals surface area (Å²) >= 11 is 0. The van der Waals surface area contributed by atoms with Gasteiger partial charge in [-0.05, 0) is 12.8 Å². The third-order valence-corrected chi connectivity index (χ3v) is 2.38. The maximum atomic E-state index is 10.4. The number of primary amides is 1. The first kappa shape index (κ1) is 11.0. The number of rotatable bonds is 4. The molecular weight excluding hydrogens is 182 g/mol. The summed E-state index contributed by atoms with van der Waals surface area (Å²) in [5.74, 6) is -0.529. The van der Waals surface area contributed by atoms with Crippen LogP contribution in [0, 0.1) is 17.2 Å². The van der Waals surface area contributed by atoms with Crippen LogP contribution in [0.1, 0.15) is 25.7 Å². The molecule has 0 aromatic heterocycles. The van der Waals surface area contributed by atoms with E-state index in [2.05, 4.69) is 11.5 Å². The number of amides is 1. The average molecular weight is 197 g/mol. The largest absolute Gasteiger partial charge is 0.368 e. The highest BCUT2D eigenvalue weighted by atomic mass is 16.6. The number of carbonyl (C=O) groups is 1. The van der Waals surface area contributed by atoms with Crippen molar-refractivity contribution < 1.29 is 9.63 Å². The SMILES string of the molecule is N#CC1CCCCC1NOCC(N)=O. The summed E-state index contributed by atoms with van der Waals surface area (Å²) < 4.78 is 0. The van der Waals surface area contributed by atoms with Crippen molar-refractivity contribution in [3.8, 4) is 6.07 Å².